The summed E-state index contributed by atoms with van der Waals surface area (Å²) in [4.78, 5) is 4.31. The van der Waals surface area contributed by atoms with Crippen LogP contribution in [0, 0.1) is 0 Å². The molecular formula is C10H12ClN3. The van der Waals surface area contributed by atoms with Crippen LogP contribution >= 0.6 is 11.6 Å². The summed E-state index contributed by atoms with van der Waals surface area (Å²) in [7, 11) is 0. The van der Waals surface area contributed by atoms with Gasteiger partial charge in [0.05, 0.1) is 5.02 Å². The second-order valence-corrected chi connectivity index (χ2v) is 3.99. The van der Waals surface area contributed by atoms with Gasteiger partial charge in [-0.3, -0.25) is 0 Å². The average molecular weight is 210 g/mol. The number of hydrogen-bond donors (Lipinski definition) is 1. The van der Waals surface area contributed by atoms with E-state index >= 15 is 0 Å². The summed E-state index contributed by atoms with van der Waals surface area (Å²) in [6, 6.07) is 3.71. The highest BCUT2D eigenvalue weighted by Crippen LogP contribution is 2.26. The van der Waals surface area contributed by atoms with Crippen molar-refractivity contribution < 1.29 is 0 Å². The molecule has 2 N–H and O–H groups in total. The molecule has 2 aromatic heterocycles. The Balaban J connectivity index is 2.84. The van der Waals surface area contributed by atoms with Crippen LogP contribution in [-0.4, -0.2) is 9.38 Å². The van der Waals surface area contributed by atoms with Crippen LogP contribution in [0.5, 0.6) is 0 Å². The molecule has 0 aliphatic heterocycles. The molecule has 0 aromatic carbocycles. The summed E-state index contributed by atoms with van der Waals surface area (Å²) < 4.78 is 1.95. The van der Waals surface area contributed by atoms with Gasteiger partial charge in [0.15, 0.2) is 5.82 Å². The van der Waals surface area contributed by atoms with Crippen molar-refractivity contribution in [1.82, 2.24) is 9.38 Å². The lowest BCUT2D eigenvalue weighted by Crippen LogP contribution is -1.96. The van der Waals surface area contributed by atoms with Gasteiger partial charge in [-0.2, -0.15) is 0 Å². The number of hydrogen-bond acceptors (Lipinski definition) is 2. The smallest absolute Gasteiger partial charge is 0.151 e. The molecule has 0 atom stereocenters. The molecule has 0 saturated heterocycles. The molecular weight excluding hydrogens is 198 g/mol. The molecule has 2 rings (SSSR count). The Morgan fingerprint density at radius 1 is 1.50 bits per heavy atom. The fourth-order valence-corrected chi connectivity index (χ4v) is 1.82. The van der Waals surface area contributed by atoms with Crippen molar-refractivity contribution >= 4 is 22.9 Å². The number of halogens is 1. The van der Waals surface area contributed by atoms with Crippen LogP contribution in [0.3, 0.4) is 0 Å². The maximum Gasteiger partial charge on any atom is 0.151 e. The third kappa shape index (κ3) is 1.24. The minimum Gasteiger partial charge on any atom is -0.382 e. The van der Waals surface area contributed by atoms with Gasteiger partial charge in [-0.15, -0.1) is 0 Å². The first-order valence-corrected chi connectivity index (χ1v) is 4.91. The topological polar surface area (TPSA) is 43.3 Å². The first kappa shape index (κ1) is 9.34. The highest BCUT2D eigenvalue weighted by molar-refractivity contribution is 6.34. The van der Waals surface area contributed by atoms with Crippen LogP contribution in [0.1, 0.15) is 25.6 Å². The number of aromatic nitrogens is 2. The molecule has 4 heteroatoms. The number of nitrogen functional groups attached to an aromatic ring is 1. The van der Waals surface area contributed by atoms with Gasteiger partial charge in [-0.05, 0) is 12.1 Å². The SMILES string of the molecule is CC(C)c1nc(N)c2c(Cl)cccn12. The van der Waals surface area contributed by atoms with E-state index in [1.807, 2.05) is 22.7 Å². The lowest BCUT2D eigenvalue weighted by Gasteiger charge is -2.03. The van der Waals surface area contributed by atoms with Gasteiger partial charge < -0.3 is 10.1 Å². The Labute approximate surface area is 87.5 Å². The molecule has 0 unspecified atom stereocenters. The summed E-state index contributed by atoms with van der Waals surface area (Å²) in [5.74, 6) is 1.78. The summed E-state index contributed by atoms with van der Waals surface area (Å²) in [6.45, 7) is 4.16. The molecule has 74 valence electrons. The second kappa shape index (κ2) is 3.17. The normalized spacial score (nSPS) is 11.4. The van der Waals surface area contributed by atoms with Gasteiger partial charge in [0, 0.05) is 12.1 Å². The van der Waals surface area contributed by atoms with Gasteiger partial charge in [-0.25, -0.2) is 4.98 Å². The van der Waals surface area contributed by atoms with Crippen molar-refractivity contribution in [2.24, 2.45) is 0 Å². The van der Waals surface area contributed by atoms with Gasteiger partial charge in [-0.1, -0.05) is 25.4 Å². The van der Waals surface area contributed by atoms with Gasteiger partial charge in [0.2, 0.25) is 0 Å². The van der Waals surface area contributed by atoms with E-state index in [9.17, 15) is 0 Å². The molecule has 0 fully saturated rings. The minimum atomic E-state index is 0.332. The Morgan fingerprint density at radius 3 is 2.86 bits per heavy atom. The molecule has 2 aromatic rings. The molecule has 14 heavy (non-hydrogen) atoms. The van der Waals surface area contributed by atoms with Crippen LogP contribution < -0.4 is 5.73 Å². The number of fused-ring (bicyclic) bond motifs is 1. The number of anilines is 1. The van der Waals surface area contributed by atoms with E-state index in [0.29, 0.717) is 16.8 Å². The molecule has 3 nitrogen and oxygen atoms in total. The maximum atomic E-state index is 6.04. The van der Waals surface area contributed by atoms with E-state index in [2.05, 4.69) is 18.8 Å². The quantitative estimate of drug-likeness (QED) is 0.785. The van der Waals surface area contributed by atoms with Crippen molar-refractivity contribution in [3.05, 3.63) is 29.2 Å². The fraction of sp³-hybridized carbons (Fsp3) is 0.300. The van der Waals surface area contributed by atoms with E-state index in [1.165, 1.54) is 0 Å². The number of pyridine rings is 1. The van der Waals surface area contributed by atoms with E-state index in [4.69, 9.17) is 17.3 Å². The number of imidazole rings is 1. The number of nitrogens with zero attached hydrogens (tertiary/aromatic N) is 2. The standard InChI is InChI=1S/C10H12ClN3/c1-6(2)10-13-9(12)8-7(11)4-3-5-14(8)10/h3-6H,12H2,1-2H3. The average Bonchev–Trinajstić information content (AvgIpc) is 2.45. The highest BCUT2D eigenvalue weighted by atomic mass is 35.5. The van der Waals surface area contributed by atoms with Crippen LogP contribution in [0.4, 0.5) is 5.82 Å². The van der Waals surface area contributed by atoms with E-state index < -0.39 is 0 Å². The third-order valence-corrected chi connectivity index (χ3v) is 2.49. The number of nitrogens with two attached hydrogens (primary N) is 1. The molecule has 0 aliphatic rings. The van der Waals surface area contributed by atoms with Gasteiger partial charge in [0.1, 0.15) is 11.3 Å². The molecule has 0 saturated carbocycles. The fourth-order valence-electron chi connectivity index (χ4n) is 1.56. The van der Waals surface area contributed by atoms with Gasteiger partial charge >= 0.3 is 0 Å². The Kier molecular flexibility index (Phi) is 2.11. The zero-order valence-electron chi connectivity index (χ0n) is 8.16. The molecule has 0 amide bonds. The summed E-state index contributed by atoms with van der Waals surface area (Å²) in [6.07, 6.45) is 1.93. The van der Waals surface area contributed by atoms with Crippen LogP contribution in [0.25, 0.3) is 5.52 Å². The molecule has 0 bridgehead atoms. The van der Waals surface area contributed by atoms with Crippen LogP contribution in [0.15, 0.2) is 18.3 Å². The predicted molar refractivity (Wildman–Crippen MR) is 58.7 cm³/mol. The van der Waals surface area contributed by atoms with Crippen molar-refractivity contribution in [3.8, 4) is 0 Å². The Bertz CT molecular complexity index is 473. The van der Waals surface area contributed by atoms with Crippen LogP contribution in [-0.2, 0) is 0 Å². The lowest BCUT2D eigenvalue weighted by molar-refractivity contribution is 0.771. The summed E-state index contributed by atoms with van der Waals surface area (Å²) in [5, 5.41) is 0.643. The first-order valence-electron chi connectivity index (χ1n) is 4.53. The Morgan fingerprint density at radius 2 is 2.21 bits per heavy atom. The monoisotopic (exact) mass is 209 g/mol. The molecule has 0 aliphatic carbocycles. The van der Waals surface area contributed by atoms with Crippen molar-refractivity contribution in [2.45, 2.75) is 19.8 Å². The van der Waals surface area contributed by atoms with E-state index in [0.717, 1.165) is 11.3 Å². The lowest BCUT2D eigenvalue weighted by atomic mass is 10.2. The zero-order valence-corrected chi connectivity index (χ0v) is 8.92. The summed E-state index contributed by atoms with van der Waals surface area (Å²) >= 11 is 6.04. The zero-order chi connectivity index (χ0) is 10.3. The van der Waals surface area contributed by atoms with Crippen molar-refractivity contribution in [2.75, 3.05) is 5.73 Å². The second-order valence-electron chi connectivity index (χ2n) is 3.58. The minimum absolute atomic E-state index is 0.332. The van der Waals surface area contributed by atoms with E-state index in [1.54, 1.807) is 0 Å². The molecule has 0 radical (unpaired) electrons. The summed E-state index contributed by atoms with van der Waals surface area (Å²) in [5.41, 5.74) is 6.60. The van der Waals surface area contributed by atoms with Gasteiger partial charge in [0.25, 0.3) is 0 Å². The molecule has 0 spiro atoms. The largest absolute Gasteiger partial charge is 0.382 e. The molecule has 2 heterocycles. The van der Waals surface area contributed by atoms with Crippen LogP contribution in [0.2, 0.25) is 5.02 Å². The third-order valence-electron chi connectivity index (χ3n) is 2.19. The van der Waals surface area contributed by atoms with Crippen molar-refractivity contribution in [3.63, 3.8) is 0 Å². The van der Waals surface area contributed by atoms with Crippen molar-refractivity contribution in [1.29, 1.82) is 0 Å². The first-order chi connectivity index (χ1) is 6.61. The maximum absolute atomic E-state index is 6.04. The number of rotatable bonds is 1. The highest BCUT2D eigenvalue weighted by Gasteiger charge is 2.13. The Hall–Kier alpha value is -1.22. The predicted octanol–water partition coefficient (Wildman–Crippen LogP) is 2.69. The van der Waals surface area contributed by atoms with E-state index in [-0.39, 0.29) is 0 Å².